The average molecular weight is 282 g/mol. The van der Waals surface area contributed by atoms with Crippen LogP contribution in [0.2, 0.25) is 0 Å². The van der Waals surface area contributed by atoms with Crippen molar-refractivity contribution in [2.75, 3.05) is 6.54 Å². The zero-order valence-corrected chi connectivity index (χ0v) is 11.7. The number of nitrogens with one attached hydrogen (secondary N) is 2. The Labute approximate surface area is 118 Å². The summed E-state index contributed by atoms with van der Waals surface area (Å²) in [5.74, 6) is 0.105. The number of rotatable bonds is 9. The van der Waals surface area contributed by atoms with Crippen molar-refractivity contribution in [2.45, 2.75) is 45.1 Å². The zero-order chi connectivity index (χ0) is 14.8. The van der Waals surface area contributed by atoms with Crippen molar-refractivity contribution in [3.63, 3.8) is 0 Å². The van der Waals surface area contributed by atoms with Gasteiger partial charge in [0.2, 0.25) is 0 Å². The molecule has 1 atom stereocenters. The van der Waals surface area contributed by atoms with Gasteiger partial charge in [0.25, 0.3) is 0 Å². The predicted octanol–water partition coefficient (Wildman–Crippen LogP) is 2.15. The van der Waals surface area contributed by atoms with E-state index in [1.807, 2.05) is 19.1 Å². The molecule has 1 heterocycles. The van der Waals surface area contributed by atoms with Crippen LogP contribution in [0.1, 0.15) is 38.4 Å². The largest absolute Gasteiger partial charge is 0.481 e. The van der Waals surface area contributed by atoms with Gasteiger partial charge in [-0.05, 0) is 38.3 Å². The second kappa shape index (κ2) is 9.01. The number of hydrogen-bond donors (Lipinski definition) is 3. The standard InChI is InChI=1S/C14H22N2O4/c1-11(7-8-12-5-4-10-20-12)16-14(19)15-9-3-2-6-13(17)18/h4-5,10-11H,2-3,6-9H2,1H3,(H,17,18)(H2,15,16,19). The number of amides is 2. The lowest BCUT2D eigenvalue weighted by atomic mass is 10.1. The zero-order valence-electron chi connectivity index (χ0n) is 11.7. The van der Waals surface area contributed by atoms with E-state index in [0.717, 1.165) is 18.6 Å². The summed E-state index contributed by atoms with van der Waals surface area (Å²) in [6, 6.07) is 3.60. The van der Waals surface area contributed by atoms with E-state index in [-0.39, 0.29) is 18.5 Å². The lowest BCUT2D eigenvalue weighted by Crippen LogP contribution is -2.41. The number of carbonyl (C=O) groups excluding carboxylic acids is 1. The first-order valence-corrected chi connectivity index (χ1v) is 6.86. The molecule has 0 fully saturated rings. The van der Waals surface area contributed by atoms with E-state index < -0.39 is 5.97 Å². The van der Waals surface area contributed by atoms with Gasteiger partial charge < -0.3 is 20.2 Å². The van der Waals surface area contributed by atoms with Crippen LogP contribution in [0.3, 0.4) is 0 Å². The fourth-order valence-corrected chi connectivity index (χ4v) is 1.76. The summed E-state index contributed by atoms with van der Waals surface area (Å²) >= 11 is 0. The number of aryl methyl sites for hydroxylation is 1. The lowest BCUT2D eigenvalue weighted by molar-refractivity contribution is -0.137. The summed E-state index contributed by atoms with van der Waals surface area (Å²) in [4.78, 5) is 21.9. The maximum atomic E-state index is 11.5. The van der Waals surface area contributed by atoms with E-state index in [0.29, 0.717) is 19.4 Å². The van der Waals surface area contributed by atoms with Crippen molar-refractivity contribution in [3.8, 4) is 0 Å². The number of carbonyl (C=O) groups is 2. The van der Waals surface area contributed by atoms with Crippen LogP contribution in [0.15, 0.2) is 22.8 Å². The van der Waals surface area contributed by atoms with E-state index in [1.54, 1.807) is 6.26 Å². The number of furan rings is 1. The van der Waals surface area contributed by atoms with Crippen molar-refractivity contribution in [3.05, 3.63) is 24.2 Å². The highest BCUT2D eigenvalue weighted by Crippen LogP contribution is 2.05. The Morgan fingerprint density at radius 2 is 2.20 bits per heavy atom. The fraction of sp³-hybridized carbons (Fsp3) is 0.571. The molecule has 0 saturated carbocycles. The topological polar surface area (TPSA) is 91.6 Å². The molecule has 6 nitrogen and oxygen atoms in total. The molecule has 3 N–H and O–H groups in total. The predicted molar refractivity (Wildman–Crippen MR) is 74.5 cm³/mol. The van der Waals surface area contributed by atoms with Gasteiger partial charge in [0.15, 0.2) is 0 Å². The van der Waals surface area contributed by atoms with Gasteiger partial charge >= 0.3 is 12.0 Å². The molecule has 0 radical (unpaired) electrons. The highest BCUT2D eigenvalue weighted by atomic mass is 16.4. The number of carboxylic acids is 1. The molecule has 0 aliphatic heterocycles. The van der Waals surface area contributed by atoms with Gasteiger partial charge in [-0.15, -0.1) is 0 Å². The minimum Gasteiger partial charge on any atom is -0.481 e. The van der Waals surface area contributed by atoms with E-state index in [1.165, 1.54) is 0 Å². The minimum atomic E-state index is -0.805. The molecular formula is C14H22N2O4. The van der Waals surface area contributed by atoms with Crippen LogP contribution in [0.4, 0.5) is 4.79 Å². The van der Waals surface area contributed by atoms with Crippen LogP contribution >= 0.6 is 0 Å². The van der Waals surface area contributed by atoms with Gasteiger partial charge in [0.1, 0.15) is 5.76 Å². The molecule has 2 amide bonds. The van der Waals surface area contributed by atoms with Gasteiger partial charge in [-0.2, -0.15) is 0 Å². The first-order chi connectivity index (χ1) is 9.58. The molecular weight excluding hydrogens is 260 g/mol. The second-order valence-electron chi connectivity index (χ2n) is 4.77. The Bertz CT molecular complexity index is 403. The summed E-state index contributed by atoms with van der Waals surface area (Å²) in [5.41, 5.74) is 0. The molecule has 0 aliphatic carbocycles. The van der Waals surface area contributed by atoms with Crippen LogP contribution in [0, 0.1) is 0 Å². The maximum Gasteiger partial charge on any atom is 0.314 e. The van der Waals surface area contributed by atoms with Crippen LogP contribution in [0.25, 0.3) is 0 Å². The fourth-order valence-electron chi connectivity index (χ4n) is 1.76. The van der Waals surface area contributed by atoms with Gasteiger partial charge in [0, 0.05) is 25.4 Å². The van der Waals surface area contributed by atoms with Crippen molar-refractivity contribution in [1.82, 2.24) is 10.6 Å². The van der Waals surface area contributed by atoms with Crippen molar-refractivity contribution in [2.24, 2.45) is 0 Å². The Hall–Kier alpha value is -1.98. The highest BCUT2D eigenvalue weighted by molar-refractivity contribution is 5.74. The van der Waals surface area contributed by atoms with E-state index in [9.17, 15) is 9.59 Å². The monoisotopic (exact) mass is 282 g/mol. The Kier molecular flexibility index (Phi) is 7.24. The van der Waals surface area contributed by atoms with Crippen molar-refractivity contribution in [1.29, 1.82) is 0 Å². The molecule has 0 aliphatic rings. The molecule has 1 aromatic heterocycles. The van der Waals surface area contributed by atoms with Crippen LogP contribution in [0.5, 0.6) is 0 Å². The Morgan fingerprint density at radius 1 is 1.40 bits per heavy atom. The summed E-state index contributed by atoms with van der Waals surface area (Å²) < 4.78 is 5.22. The van der Waals surface area contributed by atoms with E-state index in [2.05, 4.69) is 10.6 Å². The molecule has 6 heteroatoms. The smallest absolute Gasteiger partial charge is 0.314 e. The molecule has 0 aromatic carbocycles. The van der Waals surface area contributed by atoms with Gasteiger partial charge in [-0.1, -0.05) is 0 Å². The summed E-state index contributed by atoms with van der Waals surface area (Å²) in [6.07, 6.45) is 4.61. The Morgan fingerprint density at radius 3 is 2.85 bits per heavy atom. The summed E-state index contributed by atoms with van der Waals surface area (Å²) in [6.45, 7) is 2.43. The quantitative estimate of drug-likeness (QED) is 0.605. The number of carboxylic acid groups (broad SMARTS) is 1. The summed E-state index contributed by atoms with van der Waals surface area (Å²) in [5, 5.41) is 14.0. The number of urea groups is 1. The maximum absolute atomic E-state index is 11.5. The Balaban J connectivity index is 2.04. The normalized spacial score (nSPS) is 11.8. The third kappa shape index (κ3) is 7.45. The number of aliphatic carboxylic acids is 1. The number of unbranched alkanes of at least 4 members (excludes halogenated alkanes) is 1. The van der Waals surface area contributed by atoms with Crippen LogP contribution in [-0.4, -0.2) is 29.7 Å². The molecule has 112 valence electrons. The van der Waals surface area contributed by atoms with Gasteiger partial charge in [0.05, 0.1) is 6.26 Å². The third-order valence-corrected chi connectivity index (χ3v) is 2.88. The molecule has 20 heavy (non-hydrogen) atoms. The molecule has 0 spiro atoms. The van der Waals surface area contributed by atoms with Crippen molar-refractivity contribution < 1.29 is 19.1 Å². The second-order valence-corrected chi connectivity index (χ2v) is 4.77. The van der Waals surface area contributed by atoms with Crippen molar-refractivity contribution >= 4 is 12.0 Å². The molecule has 1 unspecified atom stereocenters. The van der Waals surface area contributed by atoms with E-state index >= 15 is 0 Å². The highest BCUT2D eigenvalue weighted by Gasteiger charge is 2.07. The third-order valence-electron chi connectivity index (χ3n) is 2.88. The minimum absolute atomic E-state index is 0.0547. The van der Waals surface area contributed by atoms with Crippen LogP contribution < -0.4 is 10.6 Å². The average Bonchev–Trinajstić information content (AvgIpc) is 2.88. The van der Waals surface area contributed by atoms with Gasteiger partial charge in [-0.3, -0.25) is 4.79 Å². The first-order valence-electron chi connectivity index (χ1n) is 6.86. The molecule has 0 saturated heterocycles. The molecule has 0 bridgehead atoms. The first kappa shape index (κ1) is 16.1. The summed E-state index contributed by atoms with van der Waals surface area (Å²) in [7, 11) is 0. The van der Waals surface area contributed by atoms with Gasteiger partial charge in [-0.25, -0.2) is 4.79 Å². The molecule has 1 aromatic rings. The lowest BCUT2D eigenvalue weighted by Gasteiger charge is -2.13. The molecule has 1 rings (SSSR count). The van der Waals surface area contributed by atoms with Crippen LogP contribution in [-0.2, 0) is 11.2 Å². The SMILES string of the molecule is CC(CCc1ccco1)NC(=O)NCCCCC(=O)O. The van der Waals surface area contributed by atoms with E-state index in [4.69, 9.17) is 9.52 Å². The number of hydrogen-bond acceptors (Lipinski definition) is 3.